The molecule has 0 bridgehead atoms. The summed E-state index contributed by atoms with van der Waals surface area (Å²) in [5, 5.41) is 33.8. The number of aliphatic hydroxyl groups excluding tert-OH is 2. The zero-order valence-electron chi connectivity index (χ0n) is 23.6. The number of nitrogens with one attached hydrogen (secondary N) is 2. The van der Waals surface area contributed by atoms with Crippen molar-refractivity contribution in [1.82, 2.24) is 10.6 Å². The standard InChI is InChI=1S/C29H54N2O6/c1-4-5-6-7-8-9-10-11-12-13-14-15-16-17-18-19-25(33)30-21-20-24(28(36)37)22-31-27(35)26(34)29(2,3)23-32/h11-12,24,26,32,34H,4-10,13-23H2,1-3H3,(H,30,33)(H,31,35)(H,36,37). The van der Waals surface area contributed by atoms with E-state index in [2.05, 4.69) is 29.7 Å². The number of aliphatic carboxylic acids is 1. The minimum atomic E-state index is -1.45. The molecule has 2 unspecified atom stereocenters. The largest absolute Gasteiger partial charge is 0.481 e. The van der Waals surface area contributed by atoms with Crippen molar-refractivity contribution in [2.75, 3.05) is 19.7 Å². The average molecular weight is 527 g/mol. The van der Waals surface area contributed by atoms with Crippen LogP contribution in [0, 0.1) is 11.3 Å². The van der Waals surface area contributed by atoms with Crippen molar-refractivity contribution in [2.45, 2.75) is 123 Å². The second kappa shape index (κ2) is 22.1. The number of carboxylic acids is 1. The lowest BCUT2D eigenvalue weighted by atomic mass is 9.87. The van der Waals surface area contributed by atoms with Crippen LogP contribution >= 0.6 is 0 Å². The lowest BCUT2D eigenvalue weighted by Crippen LogP contribution is -2.47. The topological polar surface area (TPSA) is 136 Å². The van der Waals surface area contributed by atoms with Crippen LogP contribution in [0.1, 0.15) is 117 Å². The molecule has 0 aromatic carbocycles. The summed E-state index contributed by atoms with van der Waals surface area (Å²) in [5.74, 6) is -2.78. The molecule has 0 fully saturated rings. The Balaban J connectivity index is 3.82. The van der Waals surface area contributed by atoms with E-state index >= 15 is 0 Å². The lowest BCUT2D eigenvalue weighted by molar-refractivity contribution is -0.143. The van der Waals surface area contributed by atoms with E-state index in [1.54, 1.807) is 0 Å². The second-order valence-corrected chi connectivity index (χ2v) is 10.8. The fourth-order valence-electron chi connectivity index (χ4n) is 3.91. The van der Waals surface area contributed by atoms with Crippen LogP contribution in [0.25, 0.3) is 0 Å². The van der Waals surface area contributed by atoms with Crippen LogP contribution in [-0.2, 0) is 14.4 Å². The second-order valence-electron chi connectivity index (χ2n) is 10.8. The van der Waals surface area contributed by atoms with Crippen LogP contribution in [0.15, 0.2) is 12.2 Å². The van der Waals surface area contributed by atoms with E-state index in [1.807, 2.05) is 0 Å². The highest BCUT2D eigenvalue weighted by molar-refractivity contribution is 5.82. The zero-order chi connectivity index (χ0) is 27.9. The average Bonchev–Trinajstić information content (AvgIpc) is 2.87. The fourth-order valence-corrected chi connectivity index (χ4v) is 3.91. The van der Waals surface area contributed by atoms with E-state index in [-0.39, 0.29) is 32.0 Å². The van der Waals surface area contributed by atoms with E-state index in [9.17, 15) is 29.7 Å². The first-order chi connectivity index (χ1) is 17.7. The minimum absolute atomic E-state index is 0.0917. The highest BCUT2D eigenvalue weighted by Crippen LogP contribution is 2.19. The molecule has 216 valence electrons. The number of aliphatic hydroxyl groups is 2. The molecule has 0 rings (SSSR count). The Kier molecular flexibility index (Phi) is 20.9. The maximum Gasteiger partial charge on any atom is 0.308 e. The lowest BCUT2D eigenvalue weighted by Gasteiger charge is -2.27. The van der Waals surface area contributed by atoms with Crippen molar-refractivity contribution < 1.29 is 29.7 Å². The molecule has 2 atom stereocenters. The third-order valence-electron chi connectivity index (χ3n) is 6.75. The van der Waals surface area contributed by atoms with Crippen molar-refractivity contribution >= 4 is 17.8 Å². The van der Waals surface area contributed by atoms with Crippen LogP contribution in [0.5, 0.6) is 0 Å². The van der Waals surface area contributed by atoms with Gasteiger partial charge in [-0.2, -0.15) is 0 Å². The normalized spacial score (nSPS) is 13.4. The number of hydrogen-bond donors (Lipinski definition) is 5. The van der Waals surface area contributed by atoms with Gasteiger partial charge in [0.1, 0.15) is 6.10 Å². The minimum Gasteiger partial charge on any atom is -0.481 e. The third kappa shape index (κ3) is 18.9. The molecule has 0 aliphatic heterocycles. The fraction of sp³-hybridized carbons (Fsp3) is 0.828. The highest BCUT2D eigenvalue weighted by Gasteiger charge is 2.33. The molecule has 8 heteroatoms. The zero-order valence-corrected chi connectivity index (χ0v) is 23.6. The van der Waals surface area contributed by atoms with Crippen LogP contribution < -0.4 is 10.6 Å². The van der Waals surface area contributed by atoms with Crippen molar-refractivity contribution in [3.8, 4) is 0 Å². The molecule has 0 saturated heterocycles. The Hall–Kier alpha value is -1.93. The van der Waals surface area contributed by atoms with Crippen LogP contribution in [0.2, 0.25) is 0 Å². The molecule has 0 aliphatic carbocycles. The number of unbranched alkanes of at least 4 members (excludes halogenated alkanes) is 11. The molecule has 0 radical (unpaired) electrons. The molecule has 0 aromatic rings. The predicted molar refractivity (Wildman–Crippen MR) is 148 cm³/mol. The Morgan fingerprint density at radius 1 is 0.838 bits per heavy atom. The first-order valence-electron chi connectivity index (χ1n) is 14.4. The summed E-state index contributed by atoms with van der Waals surface area (Å²) < 4.78 is 0. The summed E-state index contributed by atoms with van der Waals surface area (Å²) in [7, 11) is 0. The first kappa shape index (κ1) is 35.1. The van der Waals surface area contributed by atoms with Gasteiger partial charge >= 0.3 is 5.97 Å². The number of rotatable bonds is 24. The molecular weight excluding hydrogens is 472 g/mol. The molecule has 37 heavy (non-hydrogen) atoms. The maximum atomic E-state index is 12.0. The Bertz CT molecular complexity index is 650. The monoisotopic (exact) mass is 526 g/mol. The number of carbonyl (C=O) groups excluding carboxylic acids is 2. The summed E-state index contributed by atoms with van der Waals surface area (Å²) in [6.07, 6.45) is 19.4. The van der Waals surface area contributed by atoms with Gasteiger partial charge in [-0.25, -0.2) is 0 Å². The molecule has 0 aliphatic rings. The van der Waals surface area contributed by atoms with Gasteiger partial charge in [0.15, 0.2) is 0 Å². The molecule has 0 saturated carbocycles. The number of hydrogen-bond acceptors (Lipinski definition) is 5. The van der Waals surface area contributed by atoms with Crippen molar-refractivity contribution in [3.63, 3.8) is 0 Å². The van der Waals surface area contributed by atoms with E-state index in [1.165, 1.54) is 71.6 Å². The van der Waals surface area contributed by atoms with Gasteiger partial charge in [-0.15, -0.1) is 0 Å². The SMILES string of the molecule is CCCCCCCCC=CCCCCCCCC(=O)NCCC(CNC(=O)C(O)C(C)(C)CO)C(=O)O. The van der Waals surface area contributed by atoms with Gasteiger partial charge in [0, 0.05) is 24.9 Å². The Morgan fingerprint density at radius 2 is 1.38 bits per heavy atom. The summed E-state index contributed by atoms with van der Waals surface area (Å²) in [5.41, 5.74) is -1.03. The molecule has 0 aromatic heterocycles. The third-order valence-corrected chi connectivity index (χ3v) is 6.75. The molecule has 0 spiro atoms. The molecule has 0 heterocycles. The summed E-state index contributed by atoms with van der Waals surface area (Å²) in [6, 6.07) is 0. The Morgan fingerprint density at radius 3 is 1.92 bits per heavy atom. The van der Waals surface area contributed by atoms with Gasteiger partial charge in [-0.1, -0.05) is 84.3 Å². The van der Waals surface area contributed by atoms with E-state index in [4.69, 9.17) is 0 Å². The van der Waals surface area contributed by atoms with Crippen molar-refractivity contribution in [2.24, 2.45) is 11.3 Å². The van der Waals surface area contributed by atoms with Gasteiger partial charge in [0.25, 0.3) is 0 Å². The van der Waals surface area contributed by atoms with Gasteiger partial charge in [-0.05, 0) is 38.5 Å². The quantitative estimate of drug-likeness (QED) is 0.0911. The summed E-state index contributed by atoms with van der Waals surface area (Å²) in [6.45, 7) is 4.99. The maximum absolute atomic E-state index is 12.0. The van der Waals surface area contributed by atoms with Crippen LogP contribution in [-0.4, -0.2) is 58.9 Å². The van der Waals surface area contributed by atoms with E-state index in [0.29, 0.717) is 6.42 Å². The first-order valence-corrected chi connectivity index (χ1v) is 14.4. The van der Waals surface area contributed by atoms with Crippen LogP contribution in [0.3, 0.4) is 0 Å². The number of allylic oxidation sites excluding steroid dienone is 2. The predicted octanol–water partition coefficient (Wildman–Crippen LogP) is 4.73. The number of amides is 2. The van der Waals surface area contributed by atoms with Gasteiger partial charge in [0.05, 0.1) is 12.5 Å². The van der Waals surface area contributed by atoms with Crippen LogP contribution in [0.4, 0.5) is 0 Å². The van der Waals surface area contributed by atoms with E-state index < -0.39 is 29.3 Å². The number of carboxylic acid groups (broad SMARTS) is 1. The number of carbonyl (C=O) groups is 3. The van der Waals surface area contributed by atoms with Gasteiger partial charge in [0.2, 0.25) is 11.8 Å². The molecular formula is C29H54N2O6. The smallest absolute Gasteiger partial charge is 0.308 e. The van der Waals surface area contributed by atoms with E-state index in [0.717, 1.165) is 25.7 Å². The molecule has 2 amide bonds. The molecule has 5 N–H and O–H groups in total. The van der Waals surface area contributed by atoms with Gasteiger partial charge in [-0.3, -0.25) is 14.4 Å². The summed E-state index contributed by atoms with van der Waals surface area (Å²) in [4.78, 5) is 35.5. The highest BCUT2D eigenvalue weighted by atomic mass is 16.4. The Labute approximate surface area is 224 Å². The van der Waals surface area contributed by atoms with Crippen molar-refractivity contribution in [3.05, 3.63) is 12.2 Å². The summed E-state index contributed by atoms with van der Waals surface area (Å²) >= 11 is 0. The molecule has 8 nitrogen and oxygen atoms in total. The van der Waals surface area contributed by atoms with Crippen molar-refractivity contribution in [1.29, 1.82) is 0 Å². The van der Waals surface area contributed by atoms with Gasteiger partial charge < -0.3 is 26.0 Å².